The van der Waals surface area contributed by atoms with Gasteiger partial charge in [-0.15, -0.1) is 0 Å². The van der Waals surface area contributed by atoms with E-state index >= 15 is 0 Å². The number of carbonyl (C=O) groups is 5. The van der Waals surface area contributed by atoms with Crippen molar-refractivity contribution in [3.05, 3.63) is 271 Å². The Kier molecular flexibility index (Phi) is 34.6. The van der Waals surface area contributed by atoms with E-state index < -0.39 is 11.9 Å². The molecular weight excluding hydrogens is 1740 g/mol. The first kappa shape index (κ1) is 93.1. The van der Waals surface area contributed by atoms with Gasteiger partial charge in [-0.2, -0.15) is 0 Å². The Morgan fingerprint density at radius 3 is 0.881 bits per heavy atom. The summed E-state index contributed by atoms with van der Waals surface area (Å²) in [5, 5.41) is 19.5. The third-order valence-electron chi connectivity index (χ3n) is 17.0. The van der Waals surface area contributed by atoms with Crippen molar-refractivity contribution in [3.8, 4) is 69.0 Å². The minimum Gasteiger partial charge on any atom is -0.496 e. The molecule has 31 heteroatoms. The lowest BCUT2D eigenvalue weighted by molar-refractivity contribution is -0.116. The normalized spacial score (nSPS) is 10.8. The maximum Gasteiger partial charge on any atom is 0.337 e. The fraction of sp³-hybridized carbons (Fsp3) is 0.218. The molecular formula is C87H83BrCl8N8O14. The molecule has 0 bridgehead atoms. The van der Waals surface area contributed by atoms with E-state index in [1.54, 1.807) is 95.4 Å². The van der Waals surface area contributed by atoms with Crippen molar-refractivity contribution in [2.75, 3.05) is 50.1 Å². The van der Waals surface area contributed by atoms with E-state index in [0.29, 0.717) is 84.3 Å². The molecule has 3 aromatic heterocycles. The second-order valence-corrected chi connectivity index (χ2v) is 31.5. The standard InChI is InChI=1S/C24H23Cl2N3O4.C24H22Cl2N2O5.C23H21BrCl2N2O3.C16H17Cl2NO2/c1-13(2)18-10-17(4-5-21(18)32-3)33-23-19(25)8-16(9-20(23)26)29-22(30)7-14-6-15(24(27)31)12-28-11-14;1-13(2)18-10-17(4-5-21(18)32-3)33-23-19(25)8-16(9-20(23)26)28-22(29)7-14-6-15(24(30)31)12-27-11-14;1-13(2)18-10-17(4-5-21(18)30-3)31-23-19(25)8-16(9-20(23)26)28-22(29)7-14-6-15(24)12-27-11-14;1-9(2)12-8-11(4-5-15(12)20-3)21-16-13(17)6-10(19)7-14(16)18/h4-6,8-13H,7H2,1-3H3,(H2,27,31)(H,29,30);4-6,8-13H,7H2,1-3H3,(H,28,29)(H,30,31);4-6,8-13H,7H2,1-3H3,(H,28,29);4-9H,19H2,1-3H3. The molecule has 11 rings (SSSR count). The monoisotopic (exact) mass is 1820 g/mol. The lowest BCUT2D eigenvalue weighted by Gasteiger charge is -2.16. The molecule has 118 heavy (non-hydrogen) atoms. The third-order valence-corrected chi connectivity index (χ3v) is 19.7. The van der Waals surface area contributed by atoms with Crippen LogP contribution in [0.1, 0.15) is 139 Å². The predicted molar refractivity (Wildman–Crippen MR) is 472 cm³/mol. The lowest BCUT2D eigenvalue weighted by Crippen LogP contribution is -2.16. The number of anilines is 4. The molecule has 0 unspecified atom stereocenters. The maximum atomic E-state index is 12.4. The number of methoxy groups -OCH3 is 4. The number of halogens is 9. The number of nitrogen functional groups attached to an aromatic ring is 1. The van der Waals surface area contributed by atoms with Gasteiger partial charge in [0.1, 0.15) is 46.0 Å². The van der Waals surface area contributed by atoms with Crippen LogP contribution in [0.2, 0.25) is 40.2 Å². The first-order chi connectivity index (χ1) is 56.0. The van der Waals surface area contributed by atoms with Crippen molar-refractivity contribution >= 4 is 161 Å². The molecule has 0 saturated carbocycles. The predicted octanol–water partition coefficient (Wildman–Crippen LogP) is 24.5. The average molecular weight is 1830 g/mol. The van der Waals surface area contributed by atoms with Crippen molar-refractivity contribution in [1.29, 1.82) is 0 Å². The number of nitrogens with one attached hydrogen (secondary N) is 3. The zero-order chi connectivity index (χ0) is 86.4. The number of carboxylic acids is 1. The Bertz CT molecular complexity index is 5190. The highest BCUT2D eigenvalue weighted by molar-refractivity contribution is 9.10. The summed E-state index contributed by atoms with van der Waals surface area (Å²) in [5.74, 6) is 5.08. The zero-order valence-corrected chi connectivity index (χ0v) is 73.5. The quantitative estimate of drug-likeness (QED) is 0.0261. The first-order valence-corrected chi connectivity index (χ1v) is 39.9. The molecule has 618 valence electrons. The van der Waals surface area contributed by atoms with Gasteiger partial charge in [-0.1, -0.05) is 148 Å². The number of nitrogens with two attached hydrogens (primary N) is 2. The van der Waals surface area contributed by atoms with Crippen molar-refractivity contribution in [2.45, 2.75) is 98.3 Å². The van der Waals surface area contributed by atoms with E-state index in [9.17, 15) is 24.0 Å². The summed E-state index contributed by atoms with van der Waals surface area (Å²) in [7, 11) is 6.51. The number of rotatable bonds is 27. The van der Waals surface area contributed by atoms with E-state index in [1.807, 2.05) is 74.5 Å². The molecule has 8 aromatic carbocycles. The molecule has 8 N–H and O–H groups in total. The Morgan fingerprint density at radius 2 is 0.627 bits per heavy atom. The number of primary amides is 1. The molecule has 3 heterocycles. The van der Waals surface area contributed by atoms with E-state index in [1.165, 1.54) is 49.1 Å². The SMILES string of the molecule is COc1ccc(Oc2c(Cl)cc(N)cc2Cl)cc1C(C)C.COc1ccc(Oc2c(Cl)cc(NC(=O)Cc3cncc(Br)c3)cc2Cl)cc1C(C)C.COc1ccc(Oc2c(Cl)cc(NC(=O)Cc3cncc(C(=O)O)c3)cc2Cl)cc1C(C)C.COc1ccc(Oc2c(Cl)cc(NC(=O)Cc3cncc(C(N)=O)c3)cc2Cl)cc1C(C)C. The van der Waals surface area contributed by atoms with Gasteiger partial charge in [0, 0.05) is 86.7 Å². The highest BCUT2D eigenvalue weighted by atomic mass is 79.9. The van der Waals surface area contributed by atoms with Crippen LogP contribution in [0.5, 0.6) is 69.0 Å². The van der Waals surface area contributed by atoms with Gasteiger partial charge in [0.05, 0.1) is 99.0 Å². The first-order valence-electron chi connectivity index (χ1n) is 36.1. The smallest absolute Gasteiger partial charge is 0.337 e. The van der Waals surface area contributed by atoms with Crippen molar-refractivity contribution < 1.29 is 67.0 Å². The molecule has 11 aromatic rings. The third kappa shape index (κ3) is 26.8. The summed E-state index contributed by atoms with van der Waals surface area (Å²) in [6.45, 7) is 16.5. The minimum absolute atomic E-state index is 0.00652. The summed E-state index contributed by atoms with van der Waals surface area (Å²) >= 11 is 54.0. The van der Waals surface area contributed by atoms with Crippen LogP contribution in [-0.4, -0.2) is 78.1 Å². The number of carboxylic acid groups (broad SMARTS) is 1. The number of aromatic carboxylic acids is 1. The van der Waals surface area contributed by atoms with E-state index in [0.717, 1.165) is 55.3 Å². The zero-order valence-electron chi connectivity index (χ0n) is 65.8. The number of nitrogens with zero attached hydrogens (tertiary/aromatic N) is 3. The fourth-order valence-electron chi connectivity index (χ4n) is 11.4. The van der Waals surface area contributed by atoms with Gasteiger partial charge in [-0.05, 0) is 196 Å². The number of amides is 4. The number of hydrogen-bond acceptors (Lipinski definition) is 17. The Labute approximate surface area is 732 Å². The summed E-state index contributed by atoms with van der Waals surface area (Å²) < 4.78 is 46.0. The van der Waals surface area contributed by atoms with Crippen LogP contribution in [0.3, 0.4) is 0 Å². The van der Waals surface area contributed by atoms with Gasteiger partial charge in [0.15, 0.2) is 23.0 Å². The maximum absolute atomic E-state index is 12.4. The van der Waals surface area contributed by atoms with Gasteiger partial charge >= 0.3 is 5.97 Å². The molecule has 4 amide bonds. The van der Waals surface area contributed by atoms with Crippen LogP contribution in [-0.2, 0) is 33.6 Å². The van der Waals surface area contributed by atoms with Gasteiger partial charge in [0.25, 0.3) is 0 Å². The van der Waals surface area contributed by atoms with Crippen LogP contribution in [0.4, 0.5) is 22.7 Å². The fourth-order valence-corrected chi connectivity index (χ4v) is 14.1. The highest BCUT2D eigenvalue weighted by Crippen LogP contribution is 2.46. The Morgan fingerprint density at radius 1 is 0.373 bits per heavy atom. The molecule has 0 saturated heterocycles. The Hall–Kier alpha value is -10.4. The lowest BCUT2D eigenvalue weighted by atomic mass is 10.0. The number of ether oxygens (including phenoxy) is 8. The molecule has 0 aliphatic heterocycles. The molecule has 0 aliphatic rings. The Balaban J connectivity index is 0.000000199. The number of aromatic nitrogens is 3. The van der Waals surface area contributed by atoms with Gasteiger partial charge < -0.3 is 70.4 Å². The van der Waals surface area contributed by atoms with Crippen LogP contribution in [0.25, 0.3) is 0 Å². The second-order valence-electron chi connectivity index (χ2n) is 27.3. The largest absolute Gasteiger partial charge is 0.496 e. The van der Waals surface area contributed by atoms with Crippen LogP contribution >= 0.6 is 109 Å². The van der Waals surface area contributed by atoms with Crippen molar-refractivity contribution in [3.63, 3.8) is 0 Å². The van der Waals surface area contributed by atoms with E-state index in [-0.39, 0.29) is 107 Å². The van der Waals surface area contributed by atoms with Crippen LogP contribution in [0, 0.1) is 0 Å². The molecule has 0 atom stereocenters. The molecule has 0 radical (unpaired) electrons. The topological polar surface area (TPSA) is 306 Å². The summed E-state index contributed by atoms with van der Waals surface area (Å²) in [4.78, 5) is 71.4. The van der Waals surface area contributed by atoms with Gasteiger partial charge in [0.2, 0.25) is 23.6 Å². The summed E-state index contributed by atoms with van der Waals surface area (Å²) in [6.07, 6.45) is 8.88. The summed E-state index contributed by atoms with van der Waals surface area (Å²) in [5.41, 5.74) is 18.7. The van der Waals surface area contributed by atoms with E-state index in [2.05, 4.69) is 88.4 Å². The molecule has 0 aliphatic carbocycles. The number of benzene rings is 8. The van der Waals surface area contributed by atoms with Crippen LogP contribution < -0.4 is 65.3 Å². The summed E-state index contributed by atoms with van der Waals surface area (Å²) in [6, 6.07) is 39.4. The van der Waals surface area contributed by atoms with Crippen molar-refractivity contribution in [1.82, 2.24) is 15.0 Å². The highest BCUT2D eigenvalue weighted by Gasteiger charge is 2.22. The number of hydrogen-bond donors (Lipinski definition) is 6. The van der Waals surface area contributed by atoms with Gasteiger partial charge in [-0.3, -0.25) is 34.1 Å². The second kappa shape index (κ2) is 43.8. The number of pyridine rings is 3. The van der Waals surface area contributed by atoms with Gasteiger partial charge in [-0.25, -0.2) is 4.79 Å². The van der Waals surface area contributed by atoms with E-state index in [4.69, 9.17) is 147 Å². The molecule has 22 nitrogen and oxygen atoms in total. The molecule has 0 fully saturated rings. The molecule has 0 spiro atoms. The number of carbonyl (C=O) groups excluding carboxylic acids is 4. The van der Waals surface area contributed by atoms with Crippen LogP contribution in [0.15, 0.2) is 181 Å². The average Bonchev–Trinajstić information content (AvgIpc) is 0.852. The minimum atomic E-state index is -1.11. The van der Waals surface area contributed by atoms with Crippen molar-refractivity contribution in [2.24, 2.45) is 5.73 Å².